The van der Waals surface area contributed by atoms with Crippen LogP contribution >= 0.6 is 11.3 Å². The molecular formula is C55H73F2N3O21S. The maximum Gasteiger partial charge on any atom is 0.306 e. The molecule has 0 radical (unpaired) electrons. The fraction of sp³-hybridized carbons (Fsp3) is 0.582. The number of ether oxygens (including phenoxy) is 14. The van der Waals surface area contributed by atoms with Crippen molar-refractivity contribution in [3.8, 4) is 23.0 Å². The van der Waals surface area contributed by atoms with Gasteiger partial charge in [0, 0.05) is 73.3 Å². The number of hydrogen-bond acceptors (Lipinski definition) is 22. The van der Waals surface area contributed by atoms with Crippen LogP contribution in [0.25, 0.3) is 10.1 Å². The number of nitrogens with zero attached hydrogens (tertiary/aromatic N) is 2. The molecule has 0 bridgehead atoms. The fourth-order valence-corrected chi connectivity index (χ4v) is 8.83. The summed E-state index contributed by atoms with van der Waals surface area (Å²) in [6.45, 7) is 7.10. The topological polar surface area (TPSA) is 267 Å². The van der Waals surface area contributed by atoms with Gasteiger partial charge in [-0.05, 0) is 24.6 Å². The number of carbonyl (C=O) groups is 7. The molecule has 5 rings (SSSR count). The number of benzene rings is 2. The van der Waals surface area contributed by atoms with Crippen LogP contribution in [-0.4, -0.2) is 211 Å². The zero-order chi connectivity index (χ0) is 59.1. The maximum atomic E-state index is 16.0. The van der Waals surface area contributed by atoms with E-state index in [1.54, 1.807) is 13.2 Å². The average molecular weight is 1180 g/mol. The Morgan fingerprint density at radius 1 is 0.610 bits per heavy atom. The molecule has 0 aliphatic carbocycles. The highest BCUT2D eigenvalue weighted by molar-refractivity contribution is 7.20. The van der Waals surface area contributed by atoms with Gasteiger partial charge < -0.3 is 76.5 Å². The summed E-state index contributed by atoms with van der Waals surface area (Å²) in [4.78, 5) is 89.0. The Bertz CT molecular complexity index is 2580. The van der Waals surface area contributed by atoms with Gasteiger partial charge in [0.05, 0.1) is 151 Å². The van der Waals surface area contributed by atoms with E-state index in [0.29, 0.717) is 96.2 Å². The van der Waals surface area contributed by atoms with Crippen molar-refractivity contribution in [1.82, 2.24) is 15.1 Å². The van der Waals surface area contributed by atoms with Crippen molar-refractivity contribution in [2.75, 3.05) is 153 Å². The number of amides is 4. The third-order valence-corrected chi connectivity index (χ3v) is 13.1. The molecule has 2 aliphatic heterocycles. The van der Waals surface area contributed by atoms with Gasteiger partial charge in [0.2, 0.25) is 11.8 Å². The first kappa shape index (κ1) is 66.4. The molecule has 0 unspecified atom stereocenters. The third kappa shape index (κ3) is 22.4. The molecule has 3 aromatic rings. The predicted octanol–water partition coefficient (Wildman–Crippen LogP) is 3.91. The van der Waals surface area contributed by atoms with Gasteiger partial charge >= 0.3 is 11.9 Å². The lowest BCUT2D eigenvalue weighted by Gasteiger charge is -2.16. The molecule has 2 aliphatic rings. The van der Waals surface area contributed by atoms with Crippen LogP contribution < -0.4 is 24.3 Å². The number of fused-ring (bicyclic) bond motifs is 2. The second kappa shape index (κ2) is 36.9. The van der Waals surface area contributed by atoms with Crippen LogP contribution in [0.5, 0.6) is 23.0 Å². The minimum absolute atomic E-state index is 0.00721. The van der Waals surface area contributed by atoms with E-state index in [9.17, 15) is 33.6 Å². The quantitative estimate of drug-likeness (QED) is 0.0364. The van der Waals surface area contributed by atoms with Crippen LogP contribution in [0.3, 0.4) is 0 Å². The van der Waals surface area contributed by atoms with Gasteiger partial charge in [-0.25, -0.2) is 8.78 Å². The van der Waals surface area contributed by atoms with Crippen molar-refractivity contribution in [3.63, 3.8) is 0 Å². The minimum Gasteiger partial charge on any atom is -0.493 e. The molecule has 1 aromatic heterocycles. The number of nitrogens with one attached hydrogen (secondary N) is 1. The highest BCUT2D eigenvalue weighted by atomic mass is 32.1. The van der Waals surface area contributed by atoms with Gasteiger partial charge in [-0.3, -0.25) is 38.5 Å². The number of imide groups is 1. The van der Waals surface area contributed by atoms with Crippen molar-refractivity contribution < 1.29 is 109 Å². The summed E-state index contributed by atoms with van der Waals surface area (Å²) in [7, 11) is 4.30. The molecule has 1 N–H and O–H groups in total. The van der Waals surface area contributed by atoms with Crippen LogP contribution in [0.1, 0.15) is 59.8 Å². The number of halogens is 2. The maximum absolute atomic E-state index is 16.0. The molecule has 4 amide bonds. The van der Waals surface area contributed by atoms with E-state index in [1.165, 1.54) is 38.2 Å². The molecule has 0 fully saturated rings. The average Bonchev–Trinajstić information content (AvgIpc) is 4.41. The SMILES string of the molecule is COCCOCCOCCOCCOCCOCCOCCOCCOC(=O)CCC(=O)N1Cc2cc(OC)c(OCCCOc3c(OC)cc4sc(C(=O)CCC(=O)O[C@@H](C)CNC(=O)CN5C(=O)C=CC5=O)cc4c3F)c(F)c2C1. The van der Waals surface area contributed by atoms with Crippen molar-refractivity contribution >= 4 is 62.8 Å². The van der Waals surface area contributed by atoms with Crippen molar-refractivity contribution in [2.45, 2.75) is 58.2 Å². The van der Waals surface area contributed by atoms with Gasteiger partial charge in [0.15, 0.2) is 40.4 Å². The summed E-state index contributed by atoms with van der Waals surface area (Å²) in [5, 5.41) is 2.57. The van der Waals surface area contributed by atoms with Crippen LogP contribution in [0, 0.1) is 11.6 Å². The van der Waals surface area contributed by atoms with E-state index in [4.69, 9.17) is 66.3 Å². The van der Waals surface area contributed by atoms with Crippen LogP contribution in [0.15, 0.2) is 30.4 Å². The van der Waals surface area contributed by atoms with Gasteiger partial charge in [-0.15, -0.1) is 11.3 Å². The lowest BCUT2D eigenvalue weighted by molar-refractivity contribution is -0.148. The number of ketones is 1. The van der Waals surface area contributed by atoms with Crippen molar-refractivity contribution in [1.29, 1.82) is 0 Å². The second-order valence-corrected chi connectivity index (χ2v) is 19.1. The van der Waals surface area contributed by atoms with E-state index < -0.39 is 59.7 Å². The van der Waals surface area contributed by atoms with Crippen LogP contribution in [-0.2, 0) is 89.2 Å². The molecule has 27 heteroatoms. The number of hydrogen-bond donors (Lipinski definition) is 1. The second-order valence-electron chi connectivity index (χ2n) is 18.0. The first-order chi connectivity index (χ1) is 39.7. The number of Topliss-reactive ketones (excluding diaryl/α,β-unsaturated/α-hetero) is 1. The van der Waals surface area contributed by atoms with E-state index in [-0.39, 0.29) is 130 Å². The van der Waals surface area contributed by atoms with Gasteiger partial charge in [0.25, 0.3) is 11.8 Å². The number of rotatable bonds is 44. The Kier molecular flexibility index (Phi) is 29.9. The summed E-state index contributed by atoms with van der Waals surface area (Å²) in [6, 6.07) is 4.46. The highest BCUT2D eigenvalue weighted by Crippen LogP contribution is 2.41. The number of methoxy groups -OCH3 is 3. The number of esters is 2. The minimum atomic E-state index is -0.787. The Balaban J connectivity index is 0.910. The highest BCUT2D eigenvalue weighted by Gasteiger charge is 2.31. The molecule has 82 heavy (non-hydrogen) atoms. The Morgan fingerprint density at radius 3 is 1.67 bits per heavy atom. The van der Waals surface area contributed by atoms with E-state index in [0.717, 1.165) is 28.4 Å². The zero-order valence-electron chi connectivity index (χ0n) is 46.7. The summed E-state index contributed by atoms with van der Waals surface area (Å²) in [5.41, 5.74) is 0.758. The van der Waals surface area contributed by atoms with E-state index in [1.807, 2.05) is 0 Å². The smallest absolute Gasteiger partial charge is 0.306 e. The third-order valence-electron chi connectivity index (χ3n) is 12.0. The molecule has 0 spiro atoms. The molecule has 3 heterocycles. The van der Waals surface area contributed by atoms with Crippen molar-refractivity contribution in [2.24, 2.45) is 0 Å². The Hall–Kier alpha value is -6.43. The summed E-state index contributed by atoms with van der Waals surface area (Å²) in [6.07, 6.45) is 0.608. The first-order valence-corrected chi connectivity index (χ1v) is 27.5. The van der Waals surface area contributed by atoms with Crippen molar-refractivity contribution in [3.05, 3.63) is 58.0 Å². The Morgan fingerprint density at radius 2 is 1.12 bits per heavy atom. The number of thiophene rings is 1. The van der Waals surface area contributed by atoms with Gasteiger partial charge in [0.1, 0.15) is 19.3 Å². The molecule has 0 saturated carbocycles. The van der Waals surface area contributed by atoms with Crippen LogP contribution in [0.4, 0.5) is 8.78 Å². The summed E-state index contributed by atoms with van der Waals surface area (Å²) in [5.74, 6) is -5.69. The van der Waals surface area contributed by atoms with E-state index in [2.05, 4.69) is 5.32 Å². The first-order valence-electron chi connectivity index (χ1n) is 26.7. The molecule has 24 nitrogen and oxygen atoms in total. The predicted molar refractivity (Wildman–Crippen MR) is 287 cm³/mol. The molecule has 2 aromatic carbocycles. The molecule has 0 saturated heterocycles. The Labute approximate surface area is 477 Å². The molecule has 1 atom stereocenters. The fourth-order valence-electron chi connectivity index (χ4n) is 7.78. The van der Waals surface area contributed by atoms with E-state index >= 15 is 8.78 Å². The van der Waals surface area contributed by atoms with Gasteiger partial charge in [-0.2, -0.15) is 0 Å². The lowest BCUT2D eigenvalue weighted by atomic mass is 10.1. The monoisotopic (exact) mass is 1180 g/mol. The van der Waals surface area contributed by atoms with Crippen LogP contribution in [0.2, 0.25) is 0 Å². The number of carbonyl (C=O) groups excluding carboxylic acids is 7. The summed E-state index contributed by atoms with van der Waals surface area (Å²) >= 11 is 1.00. The molecular weight excluding hydrogens is 1110 g/mol. The zero-order valence-corrected chi connectivity index (χ0v) is 47.5. The summed E-state index contributed by atoms with van der Waals surface area (Å²) < 4.78 is 108. The van der Waals surface area contributed by atoms with Gasteiger partial charge in [-0.1, -0.05) is 0 Å². The molecule has 454 valence electrons. The largest absolute Gasteiger partial charge is 0.493 e. The standard InChI is InChI=1S/C55H73F2N3O21S/c1-37(33-58-46(62)36-60-48(64)7-8-49(60)65)81-51(67)10-6-41(61)45-31-39-44(82-45)32-43(70-4)55(52(39)56)80-13-5-12-79-54-42(69-3)30-38-34-59(35-40(38)53(54)57)47(63)9-11-50(66)78-29-28-77-27-26-76-25-24-75-23-22-74-21-20-73-19-18-72-17-16-71-15-14-68-2/h7-8,30-32,37H,5-6,9-29,33-36H2,1-4H3,(H,58,62)/t37-/m0/s1. The lowest BCUT2D eigenvalue weighted by Crippen LogP contribution is -2.42. The normalized spacial score (nSPS) is 13.2.